The maximum atomic E-state index is 12.1. The molecule has 8 heteroatoms. The summed E-state index contributed by atoms with van der Waals surface area (Å²) in [5.41, 5.74) is 0.213. The van der Waals surface area contributed by atoms with Crippen molar-refractivity contribution in [1.29, 1.82) is 0 Å². The lowest BCUT2D eigenvalue weighted by Crippen LogP contribution is -2.41. The summed E-state index contributed by atoms with van der Waals surface area (Å²) in [6, 6.07) is 1.57. The molecule has 1 aliphatic rings. The molecule has 1 aliphatic heterocycles. The molecule has 1 saturated heterocycles. The quantitative estimate of drug-likeness (QED) is 0.788. The number of hydrogen-bond acceptors (Lipinski definition) is 7. The highest BCUT2D eigenvalue weighted by atomic mass is 16.5. The number of carbonyl (C=O) groups is 1. The lowest BCUT2D eigenvalue weighted by molar-refractivity contribution is -0.0226. The Morgan fingerprint density at radius 2 is 2.27 bits per heavy atom. The first-order valence-electron chi connectivity index (χ1n) is 7.17. The lowest BCUT2D eigenvalue weighted by atomic mass is 10.2. The third-order valence-electron chi connectivity index (χ3n) is 3.40. The molecule has 1 aromatic rings. The standard InChI is InChI=1S/C14H22N4O4/c1-18-6-7-22-10(9-18)4-5-15-13(19)11-8-12(20-2)17-14(16-11)21-3/h8,10H,4-7,9H2,1-3H3,(H,15,19). The third kappa shape index (κ3) is 4.54. The number of morpholine rings is 1. The van der Waals surface area contributed by atoms with Crippen molar-refractivity contribution in [3.63, 3.8) is 0 Å². The molecule has 2 rings (SSSR count). The summed E-state index contributed by atoms with van der Waals surface area (Å²) in [4.78, 5) is 22.3. The maximum Gasteiger partial charge on any atom is 0.320 e. The van der Waals surface area contributed by atoms with Crippen LogP contribution in [0.3, 0.4) is 0 Å². The van der Waals surface area contributed by atoms with Gasteiger partial charge in [0.25, 0.3) is 5.91 Å². The molecule has 1 N–H and O–H groups in total. The Morgan fingerprint density at radius 3 is 2.95 bits per heavy atom. The number of carbonyl (C=O) groups excluding carboxylic acids is 1. The number of methoxy groups -OCH3 is 2. The van der Waals surface area contributed by atoms with Gasteiger partial charge in [0.2, 0.25) is 5.88 Å². The van der Waals surface area contributed by atoms with E-state index < -0.39 is 0 Å². The van der Waals surface area contributed by atoms with Crippen molar-refractivity contribution in [2.24, 2.45) is 0 Å². The Kier molecular flexibility index (Phi) is 5.91. The van der Waals surface area contributed by atoms with Crippen LogP contribution in [0.5, 0.6) is 11.9 Å². The first-order chi connectivity index (χ1) is 10.6. The average Bonchev–Trinajstić information content (AvgIpc) is 2.54. The van der Waals surface area contributed by atoms with Crippen LogP contribution in [0.15, 0.2) is 6.07 Å². The fourth-order valence-electron chi connectivity index (χ4n) is 2.19. The Morgan fingerprint density at radius 1 is 1.45 bits per heavy atom. The molecule has 22 heavy (non-hydrogen) atoms. The van der Waals surface area contributed by atoms with Crippen LogP contribution in [0.4, 0.5) is 0 Å². The smallest absolute Gasteiger partial charge is 0.320 e. The molecule has 1 atom stereocenters. The van der Waals surface area contributed by atoms with Crippen LogP contribution in [0.25, 0.3) is 0 Å². The van der Waals surface area contributed by atoms with E-state index >= 15 is 0 Å². The molecule has 8 nitrogen and oxygen atoms in total. The normalized spacial score (nSPS) is 18.8. The molecule has 0 bridgehead atoms. The van der Waals surface area contributed by atoms with Crippen LogP contribution in [0.2, 0.25) is 0 Å². The number of ether oxygens (including phenoxy) is 3. The highest BCUT2D eigenvalue weighted by Gasteiger charge is 2.18. The minimum atomic E-state index is -0.289. The van der Waals surface area contributed by atoms with Crippen LogP contribution in [-0.4, -0.2) is 74.4 Å². The van der Waals surface area contributed by atoms with Gasteiger partial charge < -0.3 is 24.4 Å². The topological polar surface area (TPSA) is 85.8 Å². The van der Waals surface area contributed by atoms with E-state index in [-0.39, 0.29) is 29.6 Å². The number of nitrogens with one attached hydrogen (secondary N) is 1. The van der Waals surface area contributed by atoms with Gasteiger partial charge in [0, 0.05) is 25.7 Å². The molecule has 0 spiro atoms. The molecule has 1 aromatic heterocycles. The summed E-state index contributed by atoms with van der Waals surface area (Å²) >= 11 is 0. The zero-order chi connectivity index (χ0) is 15.9. The lowest BCUT2D eigenvalue weighted by Gasteiger charge is -2.30. The van der Waals surface area contributed by atoms with E-state index in [0.29, 0.717) is 6.54 Å². The molecule has 122 valence electrons. The minimum absolute atomic E-state index is 0.0988. The predicted octanol–water partition coefficient (Wildman–Crippen LogP) is -0.0557. The molecular weight excluding hydrogens is 288 g/mol. The van der Waals surface area contributed by atoms with Gasteiger partial charge in [-0.1, -0.05) is 0 Å². The second-order valence-corrected chi connectivity index (χ2v) is 5.08. The van der Waals surface area contributed by atoms with Crippen LogP contribution < -0.4 is 14.8 Å². The molecule has 0 radical (unpaired) electrons. The van der Waals surface area contributed by atoms with Gasteiger partial charge in [-0.3, -0.25) is 4.79 Å². The zero-order valence-corrected chi connectivity index (χ0v) is 13.2. The van der Waals surface area contributed by atoms with Gasteiger partial charge in [0.1, 0.15) is 5.69 Å². The van der Waals surface area contributed by atoms with Crippen molar-refractivity contribution in [3.8, 4) is 11.9 Å². The van der Waals surface area contributed by atoms with Crippen LogP contribution in [0, 0.1) is 0 Å². The van der Waals surface area contributed by atoms with Crippen molar-refractivity contribution >= 4 is 5.91 Å². The Hall–Kier alpha value is -1.93. The monoisotopic (exact) mass is 310 g/mol. The highest BCUT2D eigenvalue weighted by Crippen LogP contribution is 2.13. The van der Waals surface area contributed by atoms with E-state index in [1.54, 1.807) is 0 Å². The van der Waals surface area contributed by atoms with Gasteiger partial charge in [-0.15, -0.1) is 0 Å². The Labute approximate surface area is 129 Å². The van der Waals surface area contributed by atoms with E-state index in [9.17, 15) is 4.79 Å². The Balaban J connectivity index is 1.86. The Bertz CT molecular complexity index is 489. The van der Waals surface area contributed by atoms with Gasteiger partial charge >= 0.3 is 6.01 Å². The molecule has 1 fully saturated rings. The van der Waals surface area contributed by atoms with Gasteiger partial charge in [0.05, 0.1) is 26.9 Å². The van der Waals surface area contributed by atoms with E-state index in [1.165, 1.54) is 20.3 Å². The second kappa shape index (κ2) is 7.90. The van der Waals surface area contributed by atoms with Gasteiger partial charge in [-0.25, -0.2) is 0 Å². The van der Waals surface area contributed by atoms with E-state index in [4.69, 9.17) is 14.2 Å². The molecule has 1 unspecified atom stereocenters. The highest BCUT2D eigenvalue weighted by molar-refractivity contribution is 5.92. The van der Waals surface area contributed by atoms with Crippen molar-refractivity contribution in [2.45, 2.75) is 12.5 Å². The summed E-state index contributed by atoms with van der Waals surface area (Å²) in [5, 5.41) is 2.82. The van der Waals surface area contributed by atoms with Crippen LogP contribution in [0.1, 0.15) is 16.9 Å². The van der Waals surface area contributed by atoms with Crippen LogP contribution in [-0.2, 0) is 4.74 Å². The van der Waals surface area contributed by atoms with Crippen molar-refractivity contribution in [3.05, 3.63) is 11.8 Å². The number of nitrogens with zero attached hydrogens (tertiary/aromatic N) is 3. The number of aromatic nitrogens is 2. The molecular formula is C14H22N4O4. The summed E-state index contributed by atoms with van der Waals surface area (Å²) in [6.07, 6.45) is 0.906. The third-order valence-corrected chi connectivity index (χ3v) is 3.40. The average molecular weight is 310 g/mol. The summed E-state index contributed by atoms with van der Waals surface area (Å²) in [5.74, 6) is -0.00240. The SMILES string of the molecule is COc1cc(C(=O)NCCC2CN(C)CCO2)nc(OC)n1. The largest absolute Gasteiger partial charge is 0.481 e. The summed E-state index contributed by atoms with van der Waals surface area (Å²) in [6.45, 7) is 3.08. The van der Waals surface area contributed by atoms with Gasteiger partial charge in [-0.2, -0.15) is 9.97 Å². The minimum Gasteiger partial charge on any atom is -0.481 e. The molecule has 0 aromatic carbocycles. The van der Waals surface area contributed by atoms with E-state index in [1.807, 2.05) is 0 Å². The van der Waals surface area contributed by atoms with E-state index in [2.05, 4.69) is 27.2 Å². The number of amides is 1. The summed E-state index contributed by atoms with van der Waals surface area (Å²) < 4.78 is 15.6. The maximum absolute atomic E-state index is 12.1. The fourth-order valence-corrected chi connectivity index (χ4v) is 2.19. The number of rotatable bonds is 6. The first-order valence-corrected chi connectivity index (χ1v) is 7.17. The molecule has 1 amide bonds. The molecule has 0 aliphatic carbocycles. The predicted molar refractivity (Wildman–Crippen MR) is 79.3 cm³/mol. The van der Waals surface area contributed by atoms with E-state index in [0.717, 1.165) is 26.1 Å². The van der Waals surface area contributed by atoms with Gasteiger partial charge in [0.15, 0.2) is 0 Å². The van der Waals surface area contributed by atoms with Crippen LogP contribution >= 0.6 is 0 Å². The van der Waals surface area contributed by atoms with Crippen molar-refractivity contribution < 1.29 is 19.0 Å². The number of likely N-dealkylation sites (N-methyl/N-ethyl adjacent to an activating group) is 1. The van der Waals surface area contributed by atoms with Crippen molar-refractivity contribution in [1.82, 2.24) is 20.2 Å². The first kappa shape index (κ1) is 16.4. The number of hydrogen-bond donors (Lipinski definition) is 1. The fraction of sp³-hybridized carbons (Fsp3) is 0.643. The van der Waals surface area contributed by atoms with Gasteiger partial charge in [-0.05, 0) is 13.5 Å². The molecule has 0 saturated carbocycles. The zero-order valence-electron chi connectivity index (χ0n) is 13.2. The molecule has 2 heterocycles. The van der Waals surface area contributed by atoms with Crippen molar-refractivity contribution in [2.75, 3.05) is 47.5 Å². The summed E-state index contributed by atoms with van der Waals surface area (Å²) in [7, 11) is 4.97. The second-order valence-electron chi connectivity index (χ2n) is 5.08.